The number of anilines is 1. The Balaban J connectivity index is 1.47. The molecule has 3 heterocycles. The van der Waals surface area contributed by atoms with Gasteiger partial charge in [0.2, 0.25) is 35.8 Å². The molecule has 2 aromatic rings. The number of halogens is 2. The summed E-state index contributed by atoms with van der Waals surface area (Å²) >= 11 is 0. The fourth-order valence-electron chi connectivity index (χ4n) is 6.44. The molecule has 1 aromatic heterocycles. The number of phenolic OH excluding ortho intramolecular Hbond substituents is 1. The van der Waals surface area contributed by atoms with Crippen LogP contribution < -0.4 is 54.8 Å². The predicted octanol–water partition coefficient (Wildman–Crippen LogP) is -3.84. The van der Waals surface area contributed by atoms with Crippen molar-refractivity contribution in [2.75, 3.05) is 32.0 Å². The Bertz CT molecular complexity index is 2110. The van der Waals surface area contributed by atoms with Crippen LogP contribution in [0.25, 0.3) is 0 Å². The lowest BCUT2D eigenvalue weighted by atomic mass is 10.0. The number of unbranched alkanes of at least 4 members (excludes halogenated alkanes) is 1. The number of carbonyl (C=O) groups is 7. The predicted molar refractivity (Wildman–Crippen MR) is 216 cm³/mol. The van der Waals surface area contributed by atoms with Crippen LogP contribution in [0.15, 0.2) is 46.3 Å². The first-order chi connectivity index (χ1) is 30.2. The van der Waals surface area contributed by atoms with Crippen molar-refractivity contribution < 1.29 is 67.1 Å². The summed E-state index contributed by atoms with van der Waals surface area (Å²) < 4.78 is 40.3. The maximum absolute atomic E-state index is 14.9. The molecule has 2 aliphatic rings. The van der Waals surface area contributed by atoms with Crippen molar-refractivity contribution in [3.63, 3.8) is 0 Å². The Kier molecular flexibility index (Phi) is 17.6. The van der Waals surface area contributed by atoms with Gasteiger partial charge >= 0.3 is 23.7 Å². The maximum Gasteiger partial charge on any atom is 0.407 e. The number of hydrogen-bond donors (Lipinski definition) is 12. The first-order valence-corrected chi connectivity index (χ1v) is 19.7. The zero-order valence-corrected chi connectivity index (χ0v) is 34.0. The monoisotopic (exact) mass is 908 g/mol. The van der Waals surface area contributed by atoms with Gasteiger partial charge in [0.15, 0.2) is 12.1 Å². The largest absolute Gasteiger partial charge is 0.508 e. The molecule has 2 saturated heterocycles. The maximum atomic E-state index is 14.9. The molecule has 4 rings (SSSR count). The first kappa shape index (κ1) is 49.5. The number of alkyl halides is 2. The Labute approximate surface area is 361 Å². The molecule has 25 nitrogen and oxygen atoms in total. The summed E-state index contributed by atoms with van der Waals surface area (Å²) in [5.41, 5.74) is 15.4. The van der Waals surface area contributed by atoms with Gasteiger partial charge in [0.25, 0.3) is 0 Å². The highest BCUT2D eigenvalue weighted by Crippen LogP contribution is 2.42. The van der Waals surface area contributed by atoms with Crippen LogP contribution in [0.4, 0.5) is 19.4 Å². The van der Waals surface area contributed by atoms with Gasteiger partial charge in [0.1, 0.15) is 48.4 Å². The molecular weight excluding hydrogens is 858 g/mol. The molecule has 0 unspecified atom stereocenters. The van der Waals surface area contributed by atoms with Gasteiger partial charge in [-0.3, -0.25) is 38.3 Å². The summed E-state index contributed by atoms with van der Waals surface area (Å²) in [6.45, 7) is -1.67. The number of nitrogens with zero attached hydrogens (tertiary/aromatic N) is 3. The van der Waals surface area contributed by atoms with Gasteiger partial charge in [0.05, 0.1) is 13.0 Å². The lowest BCUT2D eigenvalue weighted by molar-refractivity contribution is -0.141. The van der Waals surface area contributed by atoms with E-state index in [4.69, 9.17) is 26.7 Å². The minimum atomic E-state index is -3.99. The van der Waals surface area contributed by atoms with E-state index in [1.165, 1.54) is 24.3 Å². The highest BCUT2D eigenvalue weighted by molar-refractivity contribution is 5.98. The van der Waals surface area contributed by atoms with Gasteiger partial charge in [-0.2, -0.15) is 13.8 Å². The fraction of sp³-hybridized carbons (Fsp3) is 0.514. The Hall–Kier alpha value is -7.16. The summed E-state index contributed by atoms with van der Waals surface area (Å²) in [7, 11) is 0. The normalized spacial score (nSPS) is 24.0. The molecule has 0 saturated carbocycles. The van der Waals surface area contributed by atoms with Crippen LogP contribution in [0.5, 0.6) is 5.75 Å². The van der Waals surface area contributed by atoms with Crippen molar-refractivity contribution in [2.24, 2.45) is 16.5 Å². The number of nitrogens with one attached hydrogen (secondary N) is 6. The van der Waals surface area contributed by atoms with Gasteiger partial charge in [-0.25, -0.2) is 9.59 Å². The van der Waals surface area contributed by atoms with E-state index in [1.54, 1.807) is 0 Å². The van der Waals surface area contributed by atoms with Crippen LogP contribution in [-0.4, -0.2) is 141 Å². The number of carbonyl (C=O) groups excluding carboxylic acids is 6. The number of benzene rings is 1. The van der Waals surface area contributed by atoms with Crippen LogP contribution in [0.1, 0.15) is 50.3 Å². The number of aliphatic hydroxyl groups excluding tert-OH is 1. The Morgan fingerprint density at radius 3 is 2.19 bits per heavy atom. The summed E-state index contributed by atoms with van der Waals surface area (Å²) in [6, 6.07) is 0.674. The van der Waals surface area contributed by atoms with Gasteiger partial charge in [0, 0.05) is 25.7 Å². The highest BCUT2D eigenvalue weighted by Gasteiger charge is 2.60. The van der Waals surface area contributed by atoms with Crippen LogP contribution >= 0.6 is 0 Å². The van der Waals surface area contributed by atoms with Gasteiger partial charge in [-0.15, -0.1) is 0 Å². The second-order valence-electron chi connectivity index (χ2n) is 14.6. The number of nitrogens with two attached hydrogens (primary N) is 3. The van der Waals surface area contributed by atoms with E-state index in [9.17, 15) is 62.5 Å². The number of aromatic hydroxyl groups is 1. The van der Waals surface area contributed by atoms with Crippen LogP contribution in [-0.2, 0) is 44.7 Å². The zero-order chi connectivity index (χ0) is 47.1. The average molecular weight is 909 g/mol. The lowest BCUT2D eigenvalue weighted by Crippen LogP contribution is -2.58. The number of rotatable bonds is 16. The second-order valence-corrected chi connectivity index (χ2v) is 14.6. The van der Waals surface area contributed by atoms with E-state index in [0.717, 1.165) is 12.3 Å². The molecule has 0 bridgehead atoms. The van der Waals surface area contributed by atoms with Crippen molar-refractivity contribution in [3.8, 4) is 5.75 Å². The lowest BCUT2D eigenvalue weighted by Gasteiger charge is -2.26. The number of hydrogen-bond acceptors (Lipinski definition) is 15. The number of guanidine groups is 1. The third-order valence-electron chi connectivity index (χ3n) is 9.73. The molecule has 6 amide bonds. The number of ether oxygens (including phenoxy) is 2. The number of alkyl carbamates (subject to hydrolysis) is 1. The smallest absolute Gasteiger partial charge is 0.407 e. The SMILES string of the molecule is NC(N)=NCCC[C@@H]1NC(=O)[C@H](CCCCNC(=O)OC[C@H]2O[C@@H](n3ccc(N)nc3=O)C(F)(F)[C@@H]2O)NC(=O)[C@@H](Cc2ccc(O)cc2)NC(=O)[C@H](CC(=O)O)NC(=O)CNC1=O. The highest BCUT2D eigenvalue weighted by atomic mass is 19.3. The van der Waals surface area contributed by atoms with Crippen molar-refractivity contribution in [2.45, 2.75) is 93.5 Å². The number of carboxylic acid groups (broad SMARTS) is 1. The number of amides is 6. The molecule has 2 aliphatic heterocycles. The molecular formula is C37H50F2N12O13. The number of nitrogen functional groups attached to an aromatic ring is 1. The third-order valence-corrected chi connectivity index (χ3v) is 9.73. The average Bonchev–Trinajstić information content (AvgIpc) is 3.45. The summed E-state index contributed by atoms with van der Waals surface area (Å²) in [6.07, 6.45) is -7.70. The number of phenols is 1. The van der Waals surface area contributed by atoms with Gasteiger partial charge < -0.3 is 73.9 Å². The molecule has 0 spiro atoms. The number of carboxylic acids is 1. The molecule has 1 aromatic carbocycles. The number of aliphatic imine (C=N–C) groups is 1. The molecule has 7 atom stereocenters. The number of aliphatic carboxylic acids is 1. The van der Waals surface area contributed by atoms with Crippen molar-refractivity contribution in [1.29, 1.82) is 0 Å². The summed E-state index contributed by atoms with van der Waals surface area (Å²) in [5, 5.41) is 43.9. The van der Waals surface area contributed by atoms with E-state index in [-0.39, 0.29) is 69.1 Å². The standard InChI is InChI=1S/C37H50F2N12O13/c38-37(39)28(56)24(64-33(37)51-13-10-25(40)50-35(51)61)17-63-36(62)44-11-2-1-4-21-30(58)47-20(5-3-12-43-34(41)42)29(57)45-16-26(53)46-23(15-27(54)55)32(60)49-22(31(59)48-21)14-18-6-8-19(52)9-7-18/h6-10,13,20-24,28,33,52,56H,1-5,11-12,14-17H2,(H,44,62)(H,45,57)(H,46,53)(H,47,58)(H,48,59)(H,49,60)(H,54,55)(H2,40,50,61)(H4,41,42,43)/t20-,21-,22+,23-,24+,28+,33+/m0/s1. The van der Waals surface area contributed by atoms with E-state index >= 15 is 0 Å². The van der Waals surface area contributed by atoms with Gasteiger partial charge in [-0.05, 0) is 55.9 Å². The van der Waals surface area contributed by atoms with Crippen LogP contribution in [0.3, 0.4) is 0 Å². The molecule has 0 radical (unpaired) electrons. The molecule has 350 valence electrons. The zero-order valence-electron chi connectivity index (χ0n) is 34.0. The van der Waals surface area contributed by atoms with Crippen LogP contribution in [0.2, 0.25) is 0 Å². The van der Waals surface area contributed by atoms with Crippen molar-refractivity contribution in [1.82, 2.24) is 41.5 Å². The number of aromatic nitrogens is 2. The first-order valence-electron chi connectivity index (χ1n) is 19.7. The molecule has 2 fully saturated rings. The van der Waals surface area contributed by atoms with Crippen LogP contribution in [0, 0.1) is 0 Å². The summed E-state index contributed by atoms with van der Waals surface area (Å²) in [4.78, 5) is 111. The minimum Gasteiger partial charge on any atom is -0.508 e. The fourth-order valence-corrected chi connectivity index (χ4v) is 6.44. The van der Waals surface area contributed by atoms with E-state index in [1.807, 2.05) is 0 Å². The summed E-state index contributed by atoms with van der Waals surface area (Å²) in [5.74, 6) is -10.7. The van der Waals surface area contributed by atoms with Gasteiger partial charge in [-0.1, -0.05) is 12.1 Å². The topological polar surface area (TPSA) is 396 Å². The third kappa shape index (κ3) is 14.5. The van der Waals surface area contributed by atoms with E-state index < -0.39 is 115 Å². The minimum absolute atomic E-state index is 0.0472. The Morgan fingerprint density at radius 2 is 1.53 bits per heavy atom. The van der Waals surface area contributed by atoms with Crippen molar-refractivity contribution in [3.05, 3.63) is 52.6 Å². The molecule has 27 heteroatoms. The van der Waals surface area contributed by atoms with E-state index in [0.29, 0.717) is 10.1 Å². The number of aliphatic hydroxyl groups is 1. The van der Waals surface area contributed by atoms with Crippen molar-refractivity contribution >= 4 is 53.4 Å². The quantitative estimate of drug-likeness (QED) is 0.0436. The van der Waals surface area contributed by atoms with E-state index in [2.05, 4.69) is 41.9 Å². The molecule has 64 heavy (non-hydrogen) atoms. The Morgan fingerprint density at radius 1 is 0.906 bits per heavy atom. The molecule has 0 aliphatic carbocycles. The second kappa shape index (κ2) is 22.8. The molecule has 15 N–H and O–H groups in total.